The van der Waals surface area contributed by atoms with Crippen LogP contribution in [-0.2, 0) is 7.05 Å². The van der Waals surface area contributed by atoms with E-state index in [2.05, 4.69) is 29.7 Å². The Hall–Kier alpha value is -2.70. The summed E-state index contributed by atoms with van der Waals surface area (Å²) in [6.45, 7) is 2.19. The number of rotatable bonds is 3. The Balaban J connectivity index is 1.42. The van der Waals surface area contributed by atoms with E-state index in [4.69, 9.17) is 0 Å². The van der Waals surface area contributed by atoms with E-state index < -0.39 is 0 Å². The van der Waals surface area contributed by atoms with Gasteiger partial charge in [0, 0.05) is 32.5 Å². The van der Waals surface area contributed by atoms with Crippen molar-refractivity contribution in [1.82, 2.24) is 29.5 Å². The smallest absolute Gasteiger partial charge is 0.227 e. The molecule has 1 saturated heterocycles. The summed E-state index contributed by atoms with van der Waals surface area (Å²) in [4.78, 5) is 6.76. The van der Waals surface area contributed by atoms with Crippen LogP contribution < -0.4 is 4.90 Å². The fourth-order valence-electron chi connectivity index (χ4n) is 4.36. The summed E-state index contributed by atoms with van der Waals surface area (Å²) >= 11 is 0. The van der Waals surface area contributed by atoms with Crippen LogP contribution in [0.2, 0.25) is 0 Å². The van der Waals surface area contributed by atoms with Crippen LogP contribution in [0.1, 0.15) is 32.1 Å². The molecule has 3 aromatic heterocycles. The van der Waals surface area contributed by atoms with Gasteiger partial charge in [0.05, 0.1) is 11.8 Å². The highest BCUT2D eigenvalue weighted by molar-refractivity contribution is 5.56. The summed E-state index contributed by atoms with van der Waals surface area (Å²) in [6, 6.07) is 5.79. The van der Waals surface area contributed by atoms with E-state index in [0.717, 1.165) is 36.2 Å². The SMILES string of the molecule is Cn1c(-c2cnn(-c3ccccn3)c2)nnc1N1CCCC2(CCC2)C1. The third-order valence-electron chi connectivity index (χ3n) is 5.94. The van der Waals surface area contributed by atoms with Gasteiger partial charge < -0.3 is 4.90 Å². The normalized spacial score (nSPS) is 18.9. The van der Waals surface area contributed by atoms with Gasteiger partial charge >= 0.3 is 0 Å². The van der Waals surface area contributed by atoms with E-state index in [-0.39, 0.29) is 0 Å². The second-order valence-electron chi connectivity index (χ2n) is 7.62. The van der Waals surface area contributed by atoms with Crippen LogP contribution in [0.3, 0.4) is 0 Å². The Morgan fingerprint density at radius 1 is 1.08 bits per heavy atom. The van der Waals surface area contributed by atoms with E-state index in [1.807, 2.05) is 37.6 Å². The predicted octanol–water partition coefficient (Wildman–Crippen LogP) is 2.83. The first kappa shape index (κ1) is 15.5. The Morgan fingerprint density at radius 2 is 1.96 bits per heavy atom. The zero-order chi connectivity index (χ0) is 17.6. The molecule has 1 saturated carbocycles. The molecule has 1 aliphatic heterocycles. The first-order valence-electron chi connectivity index (χ1n) is 9.35. The largest absolute Gasteiger partial charge is 0.340 e. The lowest BCUT2D eigenvalue weighted by atomic mass is 9.64. The third-order valence-corrected chi connectivity index (χ3v) is 5.94. The van der Waals surface area contributed by atoms with Crippen molar-refractivity contribution in [3.8, 4) is 17.2 Å². The average molecular weight is 349 g/mol. The van der Waals surface area contributed by atoms with Gasteiger partial charge in [-0.3, -0.25) is 4.57 Å². The second kappa shape index (κ2) is 5.93. The Bertz CT molecular complexity index is 907. The lowest BCUT2D eigenvalue weighted by Crippen LogP contribution is -2.47. The Morgan fingerprint density at radius 3 is 2.73 bits per heavy atom. The fourth-order valence-corrected chi connectivity index (χ4v) is 4.36. The molecule has 7 heteroatoms. The molecule has 0 atom stereocenters. The second-order valence-corrected chi connectivity index (χ2v) is 7.62. The maximum absolute atomic E-state index is 4.51. The quantitative estimate of drug-likeness (QED) is 0.727. The average Bonchev–Trinajstić information content (AvgIpc) is 3.28. The summed E-state index contributed by atoms with van der Waals surface area (Å²) in [5, 5.41) is 13.4. The van der Waals surface area contributed by atoms with Crippen molar-refractivity contribution in [2.45, 2.75) is 32.1 Å². The van der Waals surface area contributed by atoms with Crippen molar-refractivity contribution >= 4 is 5.95 Å². The van der Waals surface area contributed by atoms with Crippen LogP contribution in [0.25, 0.3) is 17.2 Å². The zero-order valence-corrected chi connectivity index (χ0v) is 15.0. The van der Waals surface area contributed by atoms with E-state index in [0.29, 0.717) is 5.41 Å². The van der Waals surface area contributed by atoms with Gasteiger partial charge in [-0.05, 0) is 43.2 Å². The lowest BCUT2D eigenvalue weighted by molar-refractivity contribution is 0.107. The summed E-state index contributed by atoms with van der Waals surface area (Å²) in [7, 11) is 2.05. The van der Waals surface area contributed by atoms with E-state index in [1.165, 1.54) is 32.1 Å². The van der Waals surface area contributed by atoms with Gasteiger partial charge in [0.1, 0.15) is 0 Å². The maximum Gasteiger partial charge on any atom is 0.227 e. The van der Waals surface area contributed by atoms with Crippen molar-refractivity contribution < 1.29 is 0 Å². The number of hydrogen-bond acceptors (Lipinski definition) is 5. The predicted molar refractivity (Wildman–Crippen MR) is 99.1 cm³/mol. The molecule has 4 heterocycles. The van der Waals surface area contributed by atoms with Crippen LogP contribution in [0.4, 0.5) is 5.95 Å². The van der Waals surface area contributed by atoms with Gasteiger partial charge in [-0.25, -0.2) is 9.67 Å². The summed E-state index contributed by atoms with van der Waals surface area (Å²) in [5.41, 5.74) is 1.49. The first-order chi connectivity index (χ1) is 12.7. The molecule has 0 unspecified atom stereocenters. The maximum atomic E-state index is 4.51. The minimum atomic E-state index is 0.536. The van der Waals surface area contributed by atoms with Gasteiger partial charge in [0.15, 0.2) is 11.6 Å². The highest BCUT2D eigenvalue weighted by atomic mass is 15.4. The highest BCUT2D eigenvalue weighted by Crippen LogP contribution is 2.48. The number of pyridine rings is 1. The molecular formula is C19H23N7. The molecule has 134 valence electrons. The number of aromatic nitrogens is 6. The number of hydrogen-bond donors (Lipinski definition) is 0. The minimum Gasteiger partial charge on any atom is -0.340 e. The molecule has 1 aliphatic carbocycles. The Kier molecular flexibility index (Phi) is 3.55. The number of nitrogens with zero attached hydrogens (tertiary/aromatic N) is 7. The van der Waals surface area contributed by atoms with Crippen molar-refractivity contribution in [1.29, 1.82) is 0 Å². The molecule has 0 radical (unpaired) electrons. The third kappa shape index (κ3) is 2.50. The van der Waals surface area contributed by atoms with Crippen molar-refractivity contribution in [2.75, 3.05) is 18.0 Å². The molecule has 0 aromatic carbocycles. The molecule has 2 fully saturated rings. The van der Waals surface area contributed by atoms with Crippen LogP contribution in [0.5, 0.6) is 0 Å². The molecule has 2 aliphatic rings. The van der Waals surface area contributed by atoms with Crippen molar-refractivity contribution in [3.63, 3.8) is 0 Å². The van der Waals surface area contributed by atoms with Crippen molar-refractivity contribution in [3.05, 3.63) is 36.8 Å². The minimum absolute atomic E-state index is 0.536. The molecular weight excluding hydrogens is 326 g/mol. The number of anilines is 1. The zero-order valence-electron chi connectivity index (χ0n) is 15.0. The molecule has 5 rings (SSSR count). The standard InChI is InChI=1S/C19H23N7/c1-24-17(15-12-21-26(13-15)16-6-2-3-10-20-16)22-23-18(24)25-11-5-9-19(14-25)7-4-8-19/h2-3,6,10,12-13H,4-5,7-9,11,14H2,1H3. The topological polar surface area (TPSA) is 64.7 Å². The van der Waals surface area contributed by atoms with Gasteiger partial charge in [-0.15, -0.1) is 10.2 Å². The van der Waals surface area contributed by atoms with Crippen LogP contribution >= 0.6 is 0 Å². The van der Waals surface area contributed by atoms with Gasteiger partial charge in [0.25, 0.3) is 0 Å². The fraction of sp³-hybridized carbons (Fsp3) is 0.474. The number of piperidine rings is 1. The molecule has 0 bridgehead atoms. The molecule has 3 aromatic rings. The molecule has 26 heavy (non-hydrogen) atoms. The lowest BCUT2D eigenvalue weighted by Gasteiger charge is -2.49. The van der Waals surface area contributed by atoms with E-state index >= 15 is 0 Å². The summed E-state index contributed by atoms with van der Waals surface area (Å²) in [5.74, 6) is 2.61. The van der Waals surface area contributed by atoms with Crippen LogP contribution in [-0.4, -0.2) is 42.6 Å². The molecule has 0 amide bonds. The van der Waals surface area contributed by atoms with Gasteiger partial charge in [-0.1, -0.05) is 12.5 Å². The van der Waals surface area contributed by atoms with Gasteiger partial charge in [-0.2, -0.15) is 5.10 Å². The van der Waals surface area contributed by atoms with Crippen LogP contribution in [0.15, 0.2) is 36.8 Å². The summed E-state index contributed by atoms with van der Waals surface area (Å²) in [6.07, 6.45) is 12.3. The molecule has 7 nitrogen and oxygen atoms in total. The monoisotopic (exact) mass is 349 g/mol. The summed E-state index contributed by atoms with van der Waals surface area (Å²) < 4.78 is 3.87. The van der Waals surface area contributed by atoms with Gasteiger partial charge in [0.2, 0.25) is 5.95 Å². The van der Waals surface area contributed by atoms with E-state index in [9.17, 15) is 0 Å². The molecule has 0 N–H and O–H groups in total. The van der Waals surface area contributed by atoms with Crippen molar-refractivity contribution in [2.24, 2.45) is 12.5 Å². The van der Waals surface area contributed by atoms with Crippen LogP contribution in [0, 0.1) is 5.41 Å². The Labute approximate surface area is 152 Å². The molecule has 1 spiro atoms. The first-order valence-corrected chi connectivity index (χ1v) is 9.35. The van der Waals surface area contributed by atoms with E-state index in [1.54, 1.807) is 10.9 Å². The highest BCUT2D eigenvalue weighted by Gasteiger charge is 2.41.